The van der Waals surface area contributed by atoms with Crippen molar-refractivity contribution >= 4 is 12.0 Å². The molecule has 3 N–H and O–H groups in total. The Morgan fingerprint density at radius 3 is 3.00 bits per heavy atom. The lowest BCUT2D eigenvalue weighted by Crippen LogP contribution is -1.97. The smallest absolute Gasteiger partial charge is 0.337 e. The minimum absolute atomic E-state index is 0.180. The molecule has 0 fully saturated rings. The van der Waals surface area contributed by atoms with Crippen molar-refractivity contribution in [1.82, 2.24) is 4.98 Å². The summed E-state index contributed by atoms with van der Waals surface area (Å²) >= 11 is 0. The van der Waals surface area contributed by atoms with E-state index in [4.69, 9.17) is 10.8 Å². The summed E-state index contributed by atoms with van der Waals surface area (Å²) in [5.41, 5.74) is 6.17. The van der Waals surface area contributed by atoms with Crippen LogP contribution in [0.1, 0.15) is 15.9 Å². The average Bonchev–Trinajstić information content (AvgIpc) is 2.15. The van der Waals surface area contributed by atoms with Crippen LogP contribution in [0, 0.1) is 0 Å². The Morgan fingerprint density at radius 1 is 1.62 bits per heavy atom. The van der Waals surface area contributed by atoms with Gasteiger partial charge < -0.3 is 10.8 Å². The largest absolute Gasteiger partial charge is 0.478 e. The molecule has 0 aromatic carbocycles. The van der Waals surface area contributed by atoms with Crippen molar-refractivity contribution in [1.29, 1.82) is 0 Å². The summed E-state index contributed by atoms with van der Waals surface area (Å²) in [7, 11) is 0. The third-order valence-electron chi connectivity index (χ3n) is 1.45. The number of pyridine rings is 1. The maximum Gasteiger partial charge on any atom is 0.337 e. The van der Waals surface area contributed by atoms with Crippen LogP contribution in [-0.2, 0) is 0 Å². The Labute approximate surface area is 75.7 Å². The first-order valence-corrected chi connectivity index (χ1v) is 3.79. The van der Waals surface area contributed by atoms with Crippen LogP contribution in [0.5, 0.6) is 0 Å². The predicted molar refractivity (Wildman–Crippen MR) is 49.3 cm³/mol. The maximum atomic E-state index is 10.5. The first kappa shape index (κ1) is 9.41. The van der Waals surface area contributed by atoms with Gasteiger partial charge in [-0.25, -0.2) is 4.79 Å². The van der Waals surface area contributed by atoms with Crippen molar-refractivity contribution in [2.75, 3.05) is 6.54 Å². The summed E-state index contributed by atoms with van der Waals surface area (Å²) in [6, 6.07) is 1.54. The zero-order chi connectivity index (χ0) is 9.68. The fourth-order valence-electron chi connectivity index (χ4n) is 0.870. The van der Waals surface area contributed by atoms with Crippen LogP contribution < -0.4 is 5.73 Å². The number of hydrogen-bond donors (Lipinski definition) is 2. The Morgan fingerprint density at radius 2 is 2.38 bits per heavy atom. The Bertz CT molecular complexity index is 334. The minimum Gasteiger partial charge on any atom is -0.478 e. The lowest BCUT2D eigenvalue weighted by atomic mass is 10.2. The summed E-state index contributed by atoms with van der Waals surface area (Å²) in [6.07, 6.45) is 6.36. The average molecular weight is 178 g/mol. The summed E-state index contributed by atoms with van der Waals surface area (Å²) in [5.74, 6) is -0.976. The minimum atomic E-state index is -0.976. The summed E-state index contributed by atoms with van der Waals surface area (Å²) in [5, 5.41) is 8.65. The van der Waals surface area contributed by atoms with Gasteiger partial charge in [0.25, 0.3) is 0 Å². The summed E-state index contributed by atoms with van der Waals surface area (Å²) < 4.78 is 0. The molecule has 4 heteroatoms. The number of carboxylic acids is 1. The maximum absolute atomic E-state index is 10.5. The van der Waals surface area contributed by atoms with E-state index >= 15 is 0 Å². The number of nitrogens with zero attached hydrogens (tertiary/aromatic N) is 1. The number of hydrogen-bond acceptors (Lipinski definition) is 3. The van der Waals surface area contributed by atoms with Gasteiger partial charge in [0.1, 0.15) is 0 Å². The fourth-order valence-corrected chi connectivity index (χ4v) is 0.870. The van der Waals surface area contributed by atoms with Gasteiger partial charge in [-0.1, -0.05) is 12.2 Å². The molecule has 1 rings (SSSR count). The standard InChI is InChI=1S/C9H10N2O2/c10-3-1-2-7-4-8(9(12)13)6-11-5-7/h1-2,4-6H,3,10H2,(H,12,13)/b2-1+. The second kappa shape index (κ2) is 4.37. The van der Waals surface area contributed by atoms with Crippen LogP contribution in [0.4, 0.5) is 0 Å². The topological polar surface area (TPSA) is 76.2 Å². The van der Waals surface area contributed by atoms with Gasteiger partial charge in [0.15, 0.2) is 0 Å². The monoisotopic (exact) mass is 178 g/mol. The number of rotatable bonds is 3. The molecule has 4 nitrogen and oxygen atoms in total. The molecular formula is C9H10N2O2. The number of carbonyl (C=O) groups is 1. The Balaban J connectivity index is 2.92. The van der Waals surface area contributed by atoms with Gasteiger partial charge in [-0.2, -0.15) is 0 Å². The molecule has 13 heavy (non-hydrogen) atoms. The number of carboxylic acid groups (broad SMARTS) is 1. The number of aromatic nitrogens is 1. The molecule has 1 aromatic rings. The van der Waals surface area contributed by atoms with E-state index in [0.29, 0.717) is 6.54 Å². The SMILES string of the molecule is NC/C=C/c1cncc(C(=O)O)c1. The second-order valence-electron chi connectivity index (χ2n) is 2.45. The molecule has 0 saturated heterocycles. The molecule has 0 aliphatic heterocycles. The highest BCUT2D eigenvalue weighted by molar-refractivity contribution is 5.87. The molecular weight excluding hydrogens is 168 g/mol. The van der Waals surface area contributed by atoms with Gasteiger partial charge in [-0.15, -0.1) is 0 Å². The number of nitrogens with two attached hydrogens (primary N) is 1. The van der Waals surface area contributed by atoms with Crippen LogP contribution in [0.2, 0.25) is 0 Å². The third-order valence-corrected chi connectivity index (χ3v) is 1.45. The summed E-state index contributed by atoms with van der Waals surface area (Å²) in [4.78, 5) is 14.3. The van der Waals surface area contributed by atoms with Crippen LogP contribution in [0.15, 0.2) is 24.5 Å². The Kier molecular flexibility index (Phi) is 3.16. The molecule has 0 radical (unpaired) electrons. The molecule has 0 bridgehead atoms. The lowest BCUT2D eigenvalue weighted by molar-refractivity contribution is 0.0696. The first-order valence-electron chi connectivity index (χ1n) is 3.79. The Hall–Kier alpha value is -1.68. The van der Waals surface area contributed by atoms with Gasteiger partial charge in [-0.05, 0) is 11.6 Å². The van der Waals surface area contributed by atoms with Crippen LogP contribution in [0.25, 0.3) is 6.08 Å². The predicted octanol–water partition coefficient (Wildman–Crippen LogP) is 0.752. The van der Waals surface area contributed by atoms with Crippen molar-refractivity contribution in [3.05, 3.63) is 35.7 Å². The molecule has 1 heterocycles. The van der Waals surface area contributed by atoms with E-state index in [2.05, 4.69) is 4.98 Å². The van der Waals surface area contributed by atoms with Crippen molar-refractivity contribution in [3.63, 3.8) is 0 Å². The van der Waals surface area contributed by atoms with Gasteiger partial charge in [0.05, 0.1) is 5.56 Å². The van der Waals surface area contributed by atoms with E-state index < -0.39 is 5.97 Å². The van der Waals surface area contributed by atoms with E-state index in [1.165, 1.54) is 6.20 Å². The third kappa shape index (κ3) is 2.68. The quantitative estimate of drug-likeness (QED) is 0.716. The van der Waals surface area contributed by atoms with Gasteiger partial charge >= 0.3 is 5.97 Å². The molecule has 1 aromatic heterocycles. The second-order valence-corrected chi connectivity index (χ2v) is 2.45. The molecule has 0 atom stereocenters. The summed E-state index contributed by atoms with van der Waals surface area (Å²) in [6.45, 7) is 0.428. The van der Waals surface area contributed by atoms with E-state index in [-0.39, 0.29) is 5.56 Å². The van der Waals surface area contributed by atoms with E-state index in [9.17, 15) is 4.79 Å². The van der Waals surface area contributed by atoms with Crippen molar-refractivity contribution in [2.45, 2.75) is 0 Å². The van der Waals surface area contributed by atoms with Crippen LogP contribution in [-0.4, -0.2) is 22.6 Å². The molecule has 0 aliphatic carbocycles. The highest BCUT2D eigenvalue weighted by Gasteiger charge is 2.01. The van der Waals surface area contributed by atoms with Gasteiger partial charge in [0, 0.05) is 18.9 Å². The normalized spacial score (nSPS) is 10.5. The highest BCUT2D eigenvalue weighted by atomic mass is 16.4. The number of aromatic carboxylic acids is 1. The zero-order valence-electron chi connectivity index (χ0n) is 6.97. The molecule has 0 amide bonds. The van der Waals surface area contributed by atoms with Crippen molar-refractivity contribution in [3.8, 4) is 0 Å². The van der Waals surface area contributed by atoms with Gasteiger partial charge in [0.2, 0.25) is 0 Å². The highest BCUT2D eigenvalue weighted by Crippen LogP contribution is 2.04. The first-order chi connectivity index (χ1) is 6.24. The van der Waals surface area contributed by atoms with Crippen LogP contribution in [0.3, 0.4) is 0 Å². The molecule has 0 unspecified atom stereocenters. The van der Waals surface area contributed by atoms with E-state index in [0.717, 1.165) is 5.56 Å². The fraction of sp³-hybridized carbons (Fsp3) is 0.111. The lowest BCUT2D eigenvalue weighted by Gasteiger charge is -1.95. The molecule has 0 aliphatic rings. The van der Waals surface area contributed by atoms with E-state index in [1.54, 1.807) is 24.4 Å². The molecule has 68 valence electrons. The van der Waals surface area contributed by atoms with Gasteiger partial charge in [-0.3, -0.25) is 4.98 Å². The van der Waals surface area contributed by atoms with Crippen molar-refractivity contribution in [2.24, 2.45) is 5.73 Å². The van der Waals surface area contributed by atoms with Crippen molar-refractivity contribution < 1.29 is 9.90 Å². The molecule has 0 spiro atoms. The van der Waals surface area contributed by atoms with Crippen LogP contribution >= 0.6 is 0 Å². The van der Waals surface area contributed by atoms with E-state index in [1.807, 2.05) is 0 Å². The zero-order valence-corrected chi connectivity index (χ0v) is 6.97. The molecule has 0 saturated carbocycles.